The second kappa shape index (κ2) is 11.0. The molecule has 198 valence electrons. The quantitative estimate of drug-likeness (QED) is 0.323. The van der Waals surface area contributed by atoms with E-state index in [4.69, 9.17) is 0 Å². The first-order valence-corrected chi connectivity index (χ1v) is 12.8. The van der Waals surface area contributed by atoms with Gasteiger partial charge in [0.15, 0.2) is 0 Å². The smallest absolute Gasteiger partial charge is 0.406 e. The number of alkyl halides is 3. The Morgan fingerprint density at radius 1 is 1.00 bits per heavy atom. The number of benzene rings is 3. The molecule has 0 fully saturated rings. The molecule has 0 saturated heterocycles. The van der Waals surface area contributed by atoms with Crippen molar-refractivity contribution < 1.29 is 31.1 Å². The van der Waals surface area contributed by atoms with Gasteiger partial charge in [0.1, 0.15) is 11.6 Å². The van der Waals surface area contributed by atoms with E-state index in [1.165, 1.54) is 24.4 Å². The number of aryl methyl sites for hydroxylation is 1. The van der Waals surface area contributed by atoms with Gasteiger partial charge in [-0.25, -0.2) is 22.9 Å². The molecule has 0 bridgehead atoms. The molecule has 3 aromatic carbocycles. The maximum atomic E-state index is 12.9. The number of carbonyl (C=O) groups excluding carboxylic acids is 1. The van der Waals surface area contributed by atoms with E-state index >= 15 is 0 Å². The monoisotopic (exact) mass is 544 g/mol. The van der Waals surface area contributed by atoms with Crippen LogP contribution in [-0.2, 0) is 16.4 Å². The van der Waals surface area contributed by atoms with Crippen LogP contribution < -0.4 is 14.8 Å². The number of nitrogens with one attached hydrogen (secondary N) is 2. The summed E-state index contributed by atoms with van der Waals surface area (Å²) in [6.45, 7) is 1.62. The summed E-state index contributed by atoms with van der Waals surface area (Å²) in [5, 5.41) is 2.68. The van der Waals surface area contributed by atoms with Crippen LogP contribution in [-0.4, -0.2) is 30.4 Å². The lowest BCUT2D eigenvalue weighted by atomic mass is 10.1. The van der Waals surface area contributed by atoms with E-state index in [1.807, 2.05) is 35.1 Å². The molecule has 1 aromatic heterocycles. The molecule has 0 aliphatic heterocycles. The van der Waals surface area contributed by atoms with Crippen molar-refractivity contribution in [3.05, 3.63) is 108 Å². The van der Waals surface area contributed by atoms with Gasteiger partial charge in [0.25, 0.3) is 10.0 Å². The number of urea groups is 1. The van der Waals surface area contributed by atoms with Crippen LogP contribution in [0.1, 0.15) is 23.0 Å². The Morgan fingerprint density at radius 3 is 2.32 bits per heavy atom. The molecule has 1 heterocycles. The molecule has 2 N–H and O–H groups in total. The average molecular weight is 545 g/mol. The summed E-state index contributed by atoms with van der Waals surface area (Å²) in [5.74, 6) is -0.0514. The average Bonchev–Trinajstić information content (AvgIpc) is 3.33. The van der Waals surface area contributed by atoms with Crippen molar-refractivity contribution in [1.82, 2.24) is 19.6 Å². The number of ether oxygens (including phenoxy) is 1. The van der Waals surface area contributed by atoms with Crippen molar-refractivity contribution >= 4 is 16.1 Å². The minimum Gasteiger partial charge on any atom is -0.406 e. The van der Waals surface area contributed by atoms with Gasteiger partial charge in [-0.1, -0.05) is 48.5 Å². The maximum absolute atomic E-state index is 12.9. The highest BCUT2D eigenvalue weighted by Gasteiger charge is 2.31. The Morgan fingerprint density at radius 2 is 1.66 bits per heavy atom. The third-order valence-corrected chi connectivity index (χ3v) is 7.02. The summed E-state index contributed by atoms with van der Waals surface area (Å²) in [4.78, 5) is 17.2. The SMILES string of the molecule is Cc1ccccc1S(=O)(=O)NC(=O)NC(Cc1ccccc1)c1nccn1-c1ccc(OC(F)(F)F)cc1. The molecule has 0 spiro atoms. The molecule has 2 amide bonds. The zero-order chi connectivity index (χ0) is 27.3. The first-order valence-electron chi connectivity index (χ1n) is 11.3. The molecule has 38 heavy (non-hydrogen) atoms. The fraction of sp³-hybridized carbons (Fsp3) is 0.154. The second-order valence-electron chi connectivity index (χ2n) is 8.28. The Balaban J connectivity index is 1.61. The van der Waals surface area contributed by atoms with Gasteiger partial charge in [-0.3, -0.25) is 0 Å². The predicted molar refractivity (Wildman–Crippen MR) is 133 cm³/mol. The molecular formula is C26H23F3N4O4S. The number of halogens is 3. The van der Waals surface area contributed by atoms with Crippen LogP contribution in [0, 0.1) is 6.92 Å². The third kappa shape index (κ3) is 6.71. The van der Waals surface area contributed by atoms with Gasteiger partial charge in [-0.05, 0) is 54.8 Å². The topological polar surface area (TPSA) is 102 Å². The van der Waals surface area contributed by atoms with E-state index in [-0.39, 0.29) is 17.1 Å². The molecule has 1 unspecified atom stereocenters. The summed E-state index contributed by atoms with van der Waals surface area (Å²) in [7, 11) is -4.15. The second-order valence-corrected chi connectivity index (χ2v) is 9.93. The number of imidazole rings is 1. The van der Waals surface area contributed by atoms with Crippen molar-refractivity contribution in [3.63, 3.8) is 0 Å². The highest BCUT2D eigenvalue weighted by atomic mass is 32.2. The van der Waals surface area contributed by atoms with Gasteiger partial charge in [-0.15, -0.1) is 13.2 Å². The Kier molecular flexibility index (Phi) is 7.72. The lowest BCUT2D eigenvalue weighted by Crippen LogP contribution is -2.42. The number of nitrogens with zero attached hydrogens (tertiary/aromatic N) is 2. The zero-order valence-electron chi connectivity index (χ0n) is 20.0. The van der Waals surface area contributed by atoms with Crippen LogP contribution >= 0.6 is 0 Å². The minimum atomic E-state index is -4.82. The molecular weight excluding hydrogens is 521 g/mol. The van der Waals surface area contributed by atoms with Gasteiger partial charge in [0.05, 0.1) is 10.9 Å². The van der Waals surface area contributed by atoms with E-state index in [1.54, 1.807) is 35.9 Å². The van der Waals surface area contributed by atoms with Gasteiger partial charge < -0.3 is 14.6 Å². The summed E-state index contributed by atoms with van der Waals surface area (Å²) < 4.78 is 70.8. The standard InChI is InChI=1S/C26H23F3N4O4S/c1-18-7-5-6-10-23(18)38(35,36)32-25(34)31-22(17-19-8-3-2-4-9-19)24-30-15-16-33(24)20-11-13-21(14-12-20)37-26(27,28)29/h2-16,22H,17H2,1H3,(H2,31,32,34). The van der Waals surface area contributed by atoms with Crippen molar-refractivity contribution in [1.29, 1.82) is 0 Å². The van der Waals surface area contributed by atoms with Crippen molar-refractivity contribution in [3.8, 4) is 11.4 Å². The normalized spacial score (nSPS) is 12.5. The highest BCUT2D eigenvalue weighted by Crippen LogP contribution is 2.26. The van der Waals surface area contributed by atoms with Crippen LogP contribution in [0.5, 0.6) is 5.75 Å². The molecule has 4 rings (SSSR count). The number of hydrogen-bond acceptors (Lipinski definition) is 5. The highest BCUT2D eigenvalue weighted by molar-refractivity contribution is 7.90. The van der Waals surface area contributed by atoms with Crippen molar-refractivity contribution in [2.24, 2.45) is 0 Å². The third-order valence-electron chi connectivity index (χ3n) is 5.53. The molecule has 0 aliphatic rings. The first-order chi connectivity index (χ1) is 18.0. The fourth-order valence-corrected chi connectivity index (χ4v) is 5.04. The number of aromatic nitrogens is 2. The number of hydrogen-bond donors (Lipinski definition) is 2. The molecule has 0 saturated carbocycles. The maximum Gasteiger partial charge on any atom is 0.573 e. The van der Waals surface area contributed by atoms with Gasteiger partial charge in [-0.2, -0.15) is 0 Å². The lowest BCUT2D eigenvalue weighted by molar-refractivity contribution is -0.274. The van der Waals surface area contributed by atoms with E-state index in [9.17, 15) is 26.4 Å². The van der Waals surface area contributed by atoms with E-state index in [0.717, 1.165) is 17.7 Å². The van der Waals surface area contributed by atoms with Gasteiger partial charge in [0.2, 0.25) is 0 Å². The van der Waals surface area contributed by atoms with Crippen LogP contribution in [0.2, 0.25) is 0 Å². The van der Waals surface area contributed by atoms with Crippen LogP contribution in [0.3, 0.4) is 0 Å². The van der Waals surface area contributed by atoms with E-state index < -0.39 is 28.5 Å². The molecule has 1 atom stereocenters. The molecule has 4 aromatic rings. The molecule has 12 heteroatoms. The number of carbonyl (C=O) groups is 1. The largest absolute Gasteiger partial charge is 0.573 e. The molecule has 0 aliphatic carbocycles. The number of sulfonamides is 1. The summed E-state index contributed by atoms with van der Waals surface area (Å²) in [5.41, 5.74) is 1.77. The predicted octanol–water partition coefficient (Wildman–Crippen LogP) is 5.05. The van der Waals surface area contributed by atoms with Gasteiger partial charge >= 0.3 is 12.4 Å². The summed E-state index contributed by atoms with van der Waals surface area (Å²) in [6.07, 6.45) is -1.52. The summed E-state index contributed by atoms with van der Waals surface area (Å²) >= 11 is 0. The van der Waals surface area contributed by atoms with Crippen molar-refractivity contribution in [2.45, 2.75) is 30.6 Å². The van der Waals surface area contributed by atoms with E-state index in [2.05, 4.69) is 15.0 Å². The minimum absolute atomic E-state index is 0.0302. The summed E-state index contributed by atoms with van der Waals surface area (Å²) in [6, 6.07) is 18.8. The van der Waals surface area contributed by atoms with Crippen LogP contribution in [0.15, 0.2) is 96.2 Å². The van der Waals surface area contributed by atoms with E-state index in [0.29, 0.717) is 17.1 Å². The van der Waals surface area contributed by atoms with Crippen LogP contribution in [0.4, 0.5) is 18.0 Å². The lowest BCUT2D eigenvalue weighted by Gasteiger charge is -2.21. The number of amides is 2. The first kappa shape index (κ1) is 26.7. The molecule has 8 nitrogen and oxygen atoms in total. The Hall–Kier alpha value is -4.32. The number of rotatable bonds is 8. The molecule has 0 radical (unpaired) electrons. The van der Waals surface area contributed by atoms with Gasteiger partial charge in [0, 0.05) is 18.1 Å². The Bertz CT molecular complexity index is 1510. The fourth-order valence-electron chi connectivity index (χ4n) is 3.88. The zero-order valence-corrected chi connectivity index (χ0v) is 20.8. The van der Waals surface area contributed by atoms with Crippen molar-refractivity contribution in [2.75, 3.05) is 0 Å². The Labute approximate surface area is 217 Å². The van der Waals surface area contributed by atoms with Crippen LogP contribution in [0.25, 0.3) is 5.69 Å².